The lowest BCUT2D eigenvalue weighted by Crippen LogP contribution is -2.34. The van der Waals surface area contributed by atoms with E-state index in [-0.39, 0.29) is 10.8 Å². The van der Waals surface area contributed by atoms with Gasteiger partial charge in [0.05, 0.1) is 12.0 Å². The van der Waals surface area contributed by atoms with Crippen LogP contribution in [0.2, 0.25) is 0 Å². The highest BCUT2D eigenvalue weighted by Gasteiger charge is 2.15. The molecule has 2 aromatic rings. The van der Waals surface area contributed by atoms with E-state index in [1.807, 2.05) is 0 Å². The third-order valence-electron chi connectivity index (χ3n) is 4.38. The molecule has 28 heavy (non-hydrogen) atoms. The second kappa shape index (κ2) is 10.1. The maximum absolute atomic E-state index is 12.5. The fourth-order valence-corrected chi connectivity index (χ4v) is 3.69. The van der Waals surface area contributed by atoms with Gasteiger partial charge in [0.2, 0.25) is 0 Å². The molecule has 0 atom stereocenters. The molecule has 0 heterocycles. The van der Waals surface area contributed by atoms with Crippen molar-refractivity contribution in [3.05, 3.63) is 54.1 Å². The minimum atomic E-state index is -3.74. The molecule has 0 radical (unpaired) electrons. The topological polar surface area (TPSA) is 87.7 Å². The zero-order chi connectivity index (χ0) is 20.6. The average molecular weight is 406 g/mol. The molecule has 0 saturated carbocycles. The van der Waals surface area contributed by atoms with Crippen LogP contribution in [-0.4, -0.2) is 52.5 Å². The van der Waals surface area contributed by atoms with Gasteiger partial charge in [0, 0.05) is 24.3 Å². The van der Waals surface area contributed by atoms with Crippen LogP contribution in [0.4, 0.5) is 5.69 Å². The largest absolute Gasteiger partial charge is 0.497 e. The number of rotatable bonds is 10. The van der Waals surface area contributed by atoms with Gasteiger partial charge in [-0.15, -0.1) is 0 Å². The summed E-state index contributed by atoms with van der Waals surface area (Å²) in [5, 5.41) is 2.85. The number of amides is 1. The number of methoxy groups -OCH3 is 1. The third kappa shape index (κ3) is 5.97. The molecule has 2 rings (SSSR count). The molecule has 0 unspecified atom stereocenters. The van der Waals surface area contributed by atoms with E-state index in [0.29, 0.717) is 23.5 Å². The zero-order valence-electron chi connectivity index (χ0n) is 16.4. The number of hydrogen-bond acceptors (Lipinski definition) is 5. The van der Waals surface area contributed by atoms with Crippen molar-refractivity contribution in [3.63, 3.8) is 0 Å². The first-order valence-corrected chi connectivity index (χ1v) is 10.7. The Labute approximate surface area is 166 Å². The van der Waals surface area contributed by atoms with E-state index in [4.69, 9.17) is 4.74 Å². The highest BCUT2D eigenvalue weighted by Crippen LogP contribution is 2.19. The van der Waals surface area contributed by atoms with Crippen LogP contribution in [0.15, 0.2) is 53.4 Å². The Hall–Kier alpha value is -2.58. The minimum absolute atomic E-state index is 0.0861. The number of nitrogens with one attached hydrogen (secondary N) is 2. The van der Waals surface area contributed by atoms with Gasteiger partial charge in [0.1, 0.15) is 5.75 Å². The lowest BCUT2D eigenvalue weighted by Gasteiger charge is -2.18. The van der Waals surface area contributed by atoms with Crippen molar-refractivity contribution >= 4 is 21.6 Å². The van der Waals surface area contributed by atoms with Gasteiger partial charge >= 0.3 is 0 Å². The predicted molar refractivity (Wildman–Crippen MR) is 110 cm³/mol. The van der Waals surface area contributed by atoms with Gasteiger partial charge < -0.3 is 15.0 Å². The van der Waals surface area contributed by atoms with E-state index in [9.17, 15) is 13.2 Å². The zero-order valence-corrected chi connectivity index (χ0v) is 17.3. The molecule has 0 aliphatic rings. The summed E-state index contributed by atoms with van der Waals surface area (Å²) in [5.41, 5.74) is 0.849. The van der Waals surface area contributed by atoms with Gasteiger partial charge in [-0.3, -0.25) is 9.52 Å². The summed E-state index contributed by atoms with van der Waals surface area (Å²) in [6, 6.07) is 12.4. The van der Waals surface area contributed by atoms with E-state index in [1.165, 1.54) is 24.3 Å². The van der Waals surface area contributed by atoms with E-state index in [0.717, 1.165) is 19.6 Å². The Bertz CT molecular complexity index is 861. The SMILES string of the molecule is CCN(CC)CCNC(=O)c1ccc(S(=O)(=O)Nc2ccc(OC)cc2)cc1. The maximum atomic E-state index is 12.5. The predicted octanol–water partition coefficient (Wildman–Crippen LogP) is 2.57. The van der Waals surface area contributed by atoms with Gasteiger partial charge in [0.25, 0.3) is 15.9 Å². The first-order chi connectivity index (χ1) is 13.4. The van der Waals surface area contributed by atoms with Crippen LogP contribution < -0.4 is 14.8 Å². The molecule has 152 valence electrons. The molecule has 7 nitrogen and oxygen atoms in total. The van der Waals surface area contributed by atoms with Crippen LogP contribution in [0.25, 0.3) is 0 Å². The number of likely N-dealkylation sites (N-methyl/N-ethyl adjacent to an activating group) is 1. The summed E-state index contributed by atoms with van der Waals surface area (Å²) in [6.07, 6.45) is 0. The maximum Gasteiger partial charge on any atom is 0.261 e. The number of carbonyl (C=O) groups is 1. The number of ether oxygens (including phenoxy) is 1. The normalized spacial score (nSPS) is 11.3. The van der Waals surface area contributed by atoms with Crippen LogP contribution >= 0.6 is 0 Å². The van der Waals surface area contributed by atoms with Gasteiger partial charge in [-0.1, -0.05) is 13.8 Å². The van der Waals surface area contributed by atoms with Gasteiger partial charge in [0.15, 0.2) is 0 Å². The van der Waals surface area contributed by atoms with Crippen LogP contribution in [0.1, 0.15) is 24.2 Å². The number of hydrogen-bond donors (Lipinski definition) is 2. The Morgan fingerprint density at radius 3 is 2.14 bits per heavy atom. The number of sulfonamides is 1. The summed E-state index contributed by atoms with van der Waals surface area (Å²) < 4.78 is 32.6. The van der Waals surface area contributed by atoms with Crippen LogP contribution in [0, 0.1) is 0 Å². The van der Waals surface area contributed by atoms with Crippen LogP contribution in [0.5, 0.6) is 5.75 Å². The molecule has 0 spiro atoms. The quantitative estimate of drug-likeness (QED) is 0.634. The number of nitrogens with zero attached hydrogens (tertiary/aromatic N) is 1. The summed E-state index contributed by atoms with van der Waals surface area (Å²) >= 11 is 0. The third-order valence-corrected chi connectivity index (χ3v) is 5.77. The lowest BCUT2D eigenvalue weighted by atomic mass is 10.2. The second-order valence-electron chi connectivity index (χ2n) is 6.14. The molecule has 0 saturated heterocycles. The molecule has 0 aliphatic heterocycles. The van der Waals surface area contributed by atoms with Gasteiger partial charge in [-0.25, -0.2) is 8.42 Å². The van der Waals surface area contributed by atoms with E-state index < -0.39 is 10.0 Å². The molecule has 0 bridgehead atoms. The summed E-state index contributed by atoms with van der Waals surface area (Å²) in [4.78, 5) is 14.5. The molecular formula is C20H27N3O4S. The van der Waals surface area contributed by atoms with Gasteiger partial charge in [-0.2, -0.15) is 0 Å². The fourth-order valence-electron chi connectivity index (χ4n) is 2.63. The van der Waals surface area contributed by atoms with E-state index >= 15 is 0 Å². The van der Waals surface area contributed by atoms with Crippen molar-refractivity contribution in [3.8, 4) is 5.75 Å². The molecule has 2 aromatic carbocycles. The summed E-state index contributed by atoms with van der Waals surface area (Å²) in [6.45, 7) is 7.33. The van der Waals surface area contributed by atoms with Gasteiger partial charge in [-0.05, 0) is 61.6 Å². The summed E-state index contributed by atoms with van der Waals surface area (Å²) in [7, 11) is -2.20. The molecule has 1 amide bonds. The highest BCUT2D eigenvalue weighted by atomic mass is 32.2. The van der Waals surface area contributed by atoms with E-state index in [2.05, 4.69) is 28.8 Å². The standard InChI is InChI=1S/C20H27N3O4S/c1-4-23(5-2)15-14-21-20(24)16-6-12-19(13-7-16)28(25,26)22-17-8-10-18(27-3)11-9-17/h6-13,22H,4-5,14-15H2,1-3H3,(H,21,24). The molecule has 2 N–H and O–H groups in total. The molecule has 0 fully saturated rings. The van der Waals surface area contributed by atoms with Crippen molar-refractivity contribution in [1.82, 2.24) is 10.2 Å². The number of benzene rings is 2. The molecule has 8 heteroatoms. The van der Waals surface area contributed by atoms with Crippen LogP contribution in [-0.2, 0) is 10.0 Å². The van der Waals surface area contributed by atoms with Crippen LogP contribution in [0.3, 0.4) is 0 Å². The summed E-state index contributed by atoms with van der Waals surface area (Å²) in [5.74, 6) is 0.415. The smallest absolute Gasteiger partial charge is 0.261 e. The fraction of sp³-hybridized carbons (Fsp3) is 0.350. The second-order valence-corrected chi connectivity index (χ2v) is 7.82. The molecule has 0 aliphatic carbocycles. The monoisotopic (exact) mass is 405 g/mol. The minimum Gasteiger partial charge on any atom is -0.497 e. The van der Waals surface area contributed by atoms with Crippen molar-refractivity contribution in [2.24, 2.45) is 0 Å². The first kappa shape index (κ1) is 21.7. The Morgan fingerprint density at radius 1 is 1.00 bits per heavy atom. The molecule has 0 aromatic heterocycles. The number of anilines is 1. The van der Waals surface area contributed by atoms with Crippen molar-refractivity contribution in [2.45, 2.75) is 18.7 Å². The average Bonchev–Trinajstić information content (AvgIpc) is 2.71. The lowest BCUT2D eigenvalue weighted by molar-refractivity contribution is 0.0949. The Balaban J connectivity index is 1.98. The Kier molecular flexibility index (Phi) is 7.83. The molecular weight excluding hydrogens is 378 g/mol. The highest BCUT2D eigenvalue weighted by molar-refractivity contribution is 7.92. The number of carbonyl (C=O) groups excluding carboxylic acids is 1. The van der Waals surface area contributed by atoms with Crippen molar-refractivity contribution < 1.29 is 17.9 Å². The Morgan fingerprint density at radius 2 is 1.61 bits per heavy atom. The van der Waals surface area contributed by atoms with E-state index in [1.54, 1.807) is 31.4 Å². The van der Waals surface area contributed by atoms with Crippen molar-refractivity contribution in [2.75, 3.05) is 38.0 Å². The first-order valence-electron chi connectivity index (χ1n) is 9.17. The van der Waals surface area contributed by atoms with Crippen molar-refractivity contribution in [1.29, 1.82) is 0 Å².